The predicted molar refractivity (Wildman–Crippen MR) is 141 cm³/mol. The first-order valence-corrected chi connectivity index (χ1v) is 13.3. The molecule has 2 unspecified atom stereocenters. The molecule has 2 saturated carbocycles. The lowest BCUT2D eigenvalue weighted by atomic mass is 9.94. The monoisotopic (exact) mass is 514 g/mol. The van der Waals surface area contributed by atoms with Gasteiger partial charge in [0.25, 0.3) is 0 Å². The third-order valence-corrected chi connectivity index (χ3v) is 6.91. The summed E-state index contributed by atoms with van der Waals surface area (Å²) in [4.78, 5) is 53.8. The summed E-state index contributed by atoms with van der Waals surface area (Å²) in [5, 5.41) is 5.71. The van der Waals surface area contributed by atoms with Crippen LogP contribution in [0.15, 0.2) is 18.2 Å². The number of nitrogens with zero attached hydrogens (tertiary/aromatic N) is 1. The zero-order valence-corrected chi connectivity index (χ0v) is 22.8. The van der Waals surface area contributed by atoms with Crippen molar-refractivity contribution in [2.24, 2.45) is 5.73 Å². The van der Waals surface area contributed by atoms with E-state index >= 15 is 0 Å². The van der Waals surface area contributed by atoms with Crippen molar-refractivity contribution >= 4 is 23.8 Å². The van der Waals surface area contributed by atoms with Gasteiger partial charge in [0.15, 0.2) is 0 Å². The number of benzene rings is 1. The maximum atomic E-state index is 14.0. The first-order valence-electron chi connectivity index (χ1n) is 13.3. The molecule has 0 aliphatic heterocycles. The average Bonchev–Trinajstić information content (AvgIpc) is 3.62. The molecule has 0 bridgehead atoms. The van der Waals surface area contributed by atoms with E-state index < -0.39 is 42.0 Å². The Hall–Kier alpha value is -3.10. The molecule has 0 heterocycles. The molecule has 4 amide bonds. The number of ether oxygens (including phenoxy) is 1. The number of hydrogen-bond donors (Lipinski definition) is 3. The lowest BCUT2D eigenvalue weighted by Gasteiger charge is -2.36. The summed E-state index contributed by atoms with van der Waals surface area (Å²) in [5.41, 5.74) is 7.46. The standard InChI is InChI=1S/C28H42N4O5/c1-17-11-12-19(15-18(17)2)24(25(34)30-20-9-7-6-8-10-20)32(21-13-14-21)26(35)22(16-23(29)33)31-27(36)37-28(3,4)5/h11-12,15,20-22,24H,6-10,13-14,16H2,1-5H3,(H2,29,33)(H,30,34)(H,31,36). The van der Waals surface area contributed by atoms with Gasteiger partial charge < -0.3 is 26.0 Å². The molecule has 2 atom stereocenters. The SMILES string of the molecule is Cc1ccc(C(C(=O)NC2CCCCC2)N(C(=O)C(CC(N)=O)NC(=O)OC(C)(C)C)C2CC2)cc1C. The number of primary amides is 1. The molecule has 2 aliphatic rings. The first kappa shape index (κ1) is 28.5. The zero-order chi connectivity index (χ0) is 27.3. The molecule has 9 heteroatoms. The van der Waals surface area contributed by atoms with Crippen molar-refractivity contribution in [2.75, 3.05) is 0 Å². The Bertz CT molecular complexity index is 1010. The van der Waals surface area contributed by atoms with Crippen molar-refractivity contribution in [1.29, 1.82) is 0 Å². The van der Waals surface area contributed by atoms with Gasteiger partial charge in [-0.25, -0.2) is 4.79 Å². The van der Waals surface area contributed by atoms with E-state index in [4.69, 9.17) is 10.5 Å². The molecular formula is C28H42N4O5. The molecule has 204 valence electrons. The van der Waals surface area contributed by atoms with Gasteiger partial charge in [-0.05, 0) is 77.0 Å². The first-order chi connectivity index (χ1) is 17.4. The topological polar surface area (TPSA) is 131 Å². The van der Waals surface area contributed by atoms with Gasteiger partial charge in [-0.2, -0.15) is 0 Å². The highest BCUT2D eigenvalue weighted by molar-refractivity contribution is 5.95. The molecule has 2 aliphatic carbocycles. The van der Waals surface area contributed by atoms with Crippen LogP contribution in [0.5, 0.6) is 0 Å². The molecule has 0 spiro atoms. The van der Waals surface area contributed by atoms with Gasteiger partial charge in [0.2, 0.25) is 17.7 Å². The summed E-state index contributed by atoms with van der Waals surface area (Å²) in [6.45, 7) is 9.09. The second kappa shape index (κ2) is 12.0. The molecule has 4 N–H and O–H groups in total. The summed E-state index contributed by atoms with van der Waals surface area (Å²) in [6, 6.07) is 3.51. The summed E-state index contributed by atoms with van der Waals surface area (Å²) < 4.78 is 5.33. The van der Waals surface area contributed by atoms with Crippen LogP contribution >= 0.6 is 0 Å². The third-order valence-electron chi connectivity index (χ3n) is 6.91. The number of nitrogens with two attached hydrogens (primary N) is 1. The normalized spacial score (nSPS) is 17.9. The fourth-order valence-corrected chi connectivity index (χ4v) is 4.80. The Kier molecular flexibility index (Phi) is 9.21. The molecule has 0 saturated heterocycles. The van der Waals surface area contributed by atoms with Gasteiger partial charge in [0.05, 0.1) is 6.42 Å². The van der Waals surface area contributed by atoms with Crippen LogP contribution in [-0.2, 0) is 19.1 Å². The highest BCUT2D eigenvalue weighted by atomic mass is 16.6. The number of rotatable bonds is 9. The summed E-state index contributed by atoms with van der Waals surface area (Å²) in [5.74, 6) is -1.50. The van der Waals surface area contributed by atoms with Crippen LogP contribution in [0.2, 0.25) is 0 Å². The van der Waals surface area contributed by atoms with Gasteiger partial charge in [-0.3, -0.25) is 14.4 Å². The van der Waals surface area contributed by atoms with E-state index in [0.717, 1.165) is 56.1 Å². The van der Waals surface area contributed by atoms with Crippen molar-refractivity contribution in [1.82, 2.24) is 15.5 Å². The van der Waals surface area contributed by atoms with Crippen molar-refractivity contribution in [3.05, 3.63) is 34.9 Å². The Labute approximate surface area is 219 Å². The number of nitrogens with one attached hydrogen (secondary N) is 2. The van der Waals surface area contributed by atoms with Crippen LogP contribution < -0.4 is 16.4 Å². The number of alkyl carbamates (subject to hydrolysis) is 1. The van der Waals surface area contributed by atoms with Crippen LogP contribution in [0.3, 0.4) is 0 Å². The van der Waals surface area contributed by atoms with Crippen LogP contribution in [0.1, 0.15) is 94.9 Å². The van der Waals surface area contributed by atoms with E-state index in [-0.39, 0.29) is 18.0 Å². The highest BCUT2D eigenvalue weighted by Crippen LogP contribution is 2.36. The van der Waals surface area contributed by atoms with E-state index in [1.54, 1.807) is 25.7 Å². The highest BCUT2D eigenvalue weighted by Gasteiger charge is 2.44. The molecular weight excluding hydrogens is 472 g/mol. The lowest BCUT2D eigenvalue weighted by molar-refractivity contribution is -0.144. The third kappa shape index (κ3) is 8.20. The number of aryl methyl sites for hydroxylation is 2. The molecule has 1 aromatic rings. The van der Waals surface area contributed by atoms with Gasteiger partial charge in [0, 0.05) is 12.1 Å². The Morgan fingerprint density at radius 1 is 1.03 bits per heavy atom. The second-order valence-corrected chi connectivity index (χ2v) is 11.4. The fraction of sp³-hybridized carbons (Fsp3) is 0.643. The fourth-order valence-electron chi connectivity index (χ4n) is 4.80. The Morgan fingerprint density at radius 3 is 2.22 bits per heavy atom. The molecule has 1 aromatic carbocycles. The quantitative estimate of drug-likeness (QED) is 0.464. The molecule has 3 rings (SSSR count). The van der Waals surface area contributed by atoms with E-state index in [1.807, 2.05) is 32.0 Å². The van der Waals surface area contributed by atoms with Crippen LogP contribution in [0.4, 0.5) is 4.79 Å². The van der Waals surface area contributed by atoms with Crippen LogP contribution in [0.25, 0.3) is 0 Å². The van der Waals surface area contributed by atoms with E-state index in [1.165, 1.54) is 0 Å². The summed E-state index contributed by atoms with van der Waals surface area (Å²) in [7, 11) is 0. The number of carbonyl (C=O) groups excluding carboxylic acids is 4. The minimum absolute atomic E-state index is 0.0627. The van der Waals surface area contributed by atoms with E-state index in [9.17, 15) is 19.2 Å². The smallest absolute Gasteiger partial charge is 0.408 e. The minimum atomic E-state index is -1.25. The van der Waals surface area contributed by atoms with Crippen molar-refractivity contribution < 1.29 is 23.9 Å². The zero-order valence-electron chi connectivity index (χ0n) is 22.8. The largest absolute Gasteiger partial charge is 0.444 e. The number of amides is 4. The van der Waals surface area contributed by atoms with Crippen LogP contribution in [0, 0.1) is 13.8 Å². The number of hydrogen-bond acceptors (Lipinski definition) is 5. The van der Waals surface area contributed by atoms with Gasteiger partial charge >= 0.3 is 6.09 Å². The van der Waals surface area contributed by atoms with Crippen molar-refractivity contribution in [3.63, 3.8) is 0 Å². The van der Waals surface area contributed by atoms with E-state index in [0.29, 0.717) is 5.56 Å². The molecule has 0 aromatic heterocycles. The molecule has 9 nitrogen and oxygen atoms in total. The molecule has 2 fully saturated rings. The maximum absolute atomic E-state index is 14.0. The van der Waals surface area contributed by atoms with Gasteiger partial charge in [-0.15, -0.1) is 0 Å². The molecule has 0 radical (unpaired) electrons. The van der Waals surface area contributed by atoms with Gasteiger partial charge in [0.1, 0.15) is 17.7 Å². The van der Waals surface area contributed by atoms with Crippen molar-refractivity contribution in [3.8, 4) is 0 Å². The minimum Gasteiger partial charge on any atom is -0.444 e. The Morgan fingerprint density at radius 2 is 1.68 bits per heavy atom. The number of carbonyl (C=O) groups is 4. The average molecular weight is 515 g/mol. The van der Waals surface area contributed by atoms with Gasteiger partial charge in [-0.1, -0.05) is 37.5 Å². The summed E-state index contributed by atoms with van der Waals surface area (Å²) >= 11 is 0. The lowest BCUT2D eigenvalue weighted by Crippen LogP contribution is -2.55. The second-order valence-electron chi connectivity index (χ2n) is 11.4. The Balaban J connectivity index is 1.96. The molecule has 37 heavy (non-hydrogen) atoms. The predicted octanol–water partition coefficient (Wildman–Crippen LogP) is 3.55. The van der Waals surface area contributed by atoms with Crippen LogP contribution in [-0.4, -0.2) is 52.4 Å². The van der Waals surface area contributed by atoms with Crippen molar-refractivity contribution in [2.45, 2.75) is 116 Å². The maximum Gasteiger partial charge on any atom is 0.408 e. The van der Waals surface area contributed by atoms with E-state index in [2.05, 4.69) is 10.6 Å². The summed E-state index contributed by atoms with van der Waals surface area (Å²) in [6.07, 6.45) is 5.35.